The summed E-state index contributed by atoms with van der Waals surface area (Å²) in [5.41, 5.74) is 2.35. The van der Waals surface area contributed by atoms with Crippen molar-refractivity contribution >= 4 is 23.9 Å². The van der Waals surface area contributed by atoms with Gasteiger partial charge in [-0.05, 0) is 75.8 Å². The number of imide groups is 1. The average Bonchev–Trinajstić information content (AvgIpc) is 3.35. The summed E-state index contributed by atoms with van der Waals surface area (Å²) >= 11 is 0. The third-order valence-corrected chi connectivity index (χ3v) is 9.75. The van der Waals surface area contributed by atoms with E-state index in [4.69, 9.17) is 14.2 Å². The molecule has 0 radical (unpaired) electrons. The summed E-state index contributed by atoms with van der Waals surface area (Å²) in [5.74, 6) is -1.82. The van der Waals surface area contributed by atoms with Gasteiger partial charge < -0.3 is 14.2 Å². The Bertz CT molecular complexity index is 1440. The molecule has 0 saturated heterocycles. The van der Waals surface area contributed by atoms with E-state index in [1.54, 1.807) is 21.0 Å². The Morgan fingerprint density at radius 3 is 1.88 bits per heavy atom. The number of carbonyl (C=O) groups excluding carboxylic acids is 4. The number of nitrogens with zero attached hydrogens (tertiary/aromatic N) is 2. The van der Waals surface area contributed by atoms with Crippen LogP contribution < -0.4 is 5.32 Å². The van der Waals surface area contributed by atoms with Crippen molar-refractivity contribution in [2.24, 2.45) is 11.8 Å². The number of fused-ring (bicyclic) bond motifs is 3. The second-order valence-electron chi connectivity index (χ2n) is 15.0. The highest BCUT2D eigenvalue weighted by Crippen LogP contribution is 2.44. The number of esters is 1. The number of ether oxygens (including phenoxy) is 3. The monoisotopic (exact) mass is 679 g/mol. The van der Waals surface area contributed by atoms with Crippen LogP contribution >= 0.6 is 0 Å². The van der Waals surface area contributed by atoms with Gasteiger partial charge in [-0.3, -0.25) is 29.5 Å². The molecule has 1 aliphatic carbocycles. The Labute approximate surface area is 292 Å². The lowest BCUT2D eigenvalue weighted by atomic mass is 9.88. The third-order valence-electron chi connectivity index (χ3n) is 9.75. The summed E-state index contributed by atoms with van der Waals surface area (Å²) in [6.07, 6.45) is -0.451. The van der Waals surface area contributed by atoms with Crippen LogP contribution in [-0.2, 0) is 28.6 Å². The number of methoxy groups -OCH3 is 1. The number of carbonyl (C=O) groups is 4. The molecule has 0 bridgehead atoms. The fourth-order valence-electron chi connectivity index (χ4n) is 6.72. The fourth-order valence-corrected chi connectivity index (χ4v) is 6.72. The summed E-state index contributed by atoms with van der Waals surface area (Å²) in [6.45, 7) is 16.6. The van der Waals surface area contributed by atoms with Gasteiger partial charge in [-0.25, -0.2) is 4.79 Å². The Morgan fingerprint density at radius 1 is 0.878 bits per heavy atom. The van der Waals surface area contributed by atoms with Crippen LogP contribution in [0.5, 0.6) is 0 Å². The van der Waals surface area contributed by atoms with Gasteiger partial charge >= 0.3 is 12.1 Å². The molecule has 0 heterocycles. The fraction of sp³-hybridized carbons (Fsp3) is 0.590. The van der Waals surface area contributed by atoms with Crippen molar-refractivity contribution in [3.8, 4) is 11.1 Å². The zero-order valence-electron chi connectivity index (χ0n) is 31.5. The zero-order chi connectivity index (χ0) is 36.8. The quantitative estimate of drug-likeness (QED) is 0.228. The largest absolute Gasteiger partial charge is 0.460 e. The van der Waals surface area contributed by atoms with E-state index < -0.39 is 41.2 Å². The highest BCUT2D eigenvalue weighted by atomic mass is 16.6. The lowest BCUT2D eigenvalue weighted by Crippen LogP contribution is -2.62. The number of amides is 3. The summed E-state index contributed by atoms with van der Waals surface area (Å²) in [4.78, 5) is 56.9. The van der Waals surface area contributed by atoms with Gasteiger partial charge in [0.2, 0.25) is 5.91 Å². The van der Waals surface area contributed by atoms with E-state index >= 15 is 0 Å². The maximum atomic E-state index is 13.9. The topological polar surface area (TPSA) is 114 Å². The molecule has 2 aromatic rings. The van der Waals surface area contributed by atoms with Crippen LogP contribution in [0.2, 0.25) is 0 Å². The first-order valence-corrected chi connectivity index (χ1v) is 17.3. The predicted molar refractivity (Wildman–Crippen MR) is 191 cm³/mol. The van der Waals surface area contributed by atoms with Crippen LogP contribution in [-0.4, -0.2) is 90.8 Å². The van der Waals surface area contributed by atoms with E-state index in [2.05, 4.69) is 24.4 Å². The van der Waals surface area contributed by atoms with Crippen molar-refractivity contribution in [1.82, 2.24) is 15.1 Å². The van der Waals surface area contributed by atoms with Gasteiger partial charge in [0.05, 0.1) is 18.6 Å². The van der Waals surface area contributed by atoms with Crippen LogP contribution in [0.4, 0.5) is 4.79 Å². The number of hydrogen-bond acceptors (Lipinski definition) is 8. The molecule has 1 aliphatic rings. The molecule has 10 heteroatoms. The molecule has 0 spiro atoms. The lowest BCUT2D eigenvalue weighted by molar-refractivity contribution is -0.159. The van der Waals surface area contributed by atoms with Gasteiger partial charge in [0.15, 0.2) is 0 Å². The van der Waals surface area contributed by atoms with Crippen molar-refractivity contribution in [1.29, 1.82) is 0 Å². The molecule has 3 rings (SSSR count). The number of rotatable bonds is 14. The van der Waals surface area contributed by atoms with Crippen molar-refractivity contribution in [3.63, 3.8) is 0 Å². The first-order valence-electron chi connectivity index (χ1n) is 17.3. The van der Waals surface area contributed by atoms with E-state index in [1.165, 1.54) is 11.9 Å². The lowest BCUT2D eigenvalue weighted by Gasteiger charge is -2.42. The van der Waals surface area contributed by atoms with E-state index in [1.807, 2.05) is 89.9 Å². The standard InChI is InChI=1S/C39H57N3O7/c1-13-25(4)34(31(47-12)22-32(43)49-38(5,6)7)41(10)33(24(2)3)35(44)40-36(45)39(8,9)42(11)37(46)48-23-30-28-20-16-14-18-26(28)27-19-15-17-21-29(27)30/h14-21,24-25,30-31,33-34H,13,22-23H2,1-12H3,(H,40,44,45)/t25-,31+,33-,34-/m0/s1. The van der Waals surface area contributed by atoms with Gasteiger partial charge in [-0.1, -0.05) is 82.6 Å². The molecule has 0 unspecified atom stereocenters. The zero-order valence-corrected chi connectivity index (χ0v) is 31.5. The van der Waals surface area contributed by atoms with Crippen molar-refractivity contribution < 1.29 is 33.4 Å². The first kappa shape index (κ1) is 39.7. The van der Waals surface area contributed by atoms with Crippen LogP contribution in [0.1, 0.15) is 92.2 Å². The molecule has 270 valence electrons. The molecule has 1 N–H and O–H groups in total. The molecule has 0 saturated carbocycles. The maximum absolute atomic E-state index is 13.9. The third kappa shape index (κ3) is 9.28. The van der Waals surface area contributed by atoms with E-state index in [0.29, 0.717) is 0 Å². The minimum absolute atomic E-state index is 0.0104. The molecule has 10 nitrogen and oxygen atoms in total. The van der Waals surface area contributed by atoms with Crippen LogP contribution in [0.15, 0.2) is 48.5 Å². The van der Waals surface area contributed by atoms with E-state index in [-0.39, 0.29) is 42.8 Å². The van der Waals surface area contributed by atoms with Gasteiger partial charge in [-0.15, -0.1) is 0 Å². The highest BCUT2D eigenvalue weighted by molar-refractivity contribution is 6.02. The predicted octanol–water partition coefficient (Wildman–Crippen LogP) is 6.41. The summed E-state index contributed by atoms with van der Waals surface area (Å²) < 4.78 is 17.2. The SMILES string of the molecule is CC[C@H](C)[C@@H]([C@@H](CC(=O)OC(C)(C)C)OC)N(C)[C@H](C(=O)NC(=O)C(C)(C)N(C)C(=O)OCC1c2ccccc2-c2ccccc21)C(C)C. The van der Waals surface area contributed by atoms with Crippen LogP contribution in [0, 0.1) is 11.8 Å². The van der Waals surface area contributed by atoms with E-state index in [0.717, 1.165) is 28.7 Å². The normalized spacial score (nSPS) is 15.6. The Hall–Kier alpha value is -3.76. The smallest absolute Gasteiger partial charge is 0.410 e. The van der Waals surface area contributed by atoms with Crippen LogP contribution in [0.3, 0.4) is 0 Å². The summed E-state index contributed by atoms with van der Waals surface area (Å²) in [6, 6.07) is 15.1. The molecule has 0 fully saturated rings. The molecule has 2 aromatic carbocycles. The summed E-state index contributed by atoms with van der Waals surface area (Å²) in [5, 5.41) is 2.58. The van der Waals surface area contributed by atoms with Gasteiger partial charge in [-0.2, -0.15) is 0 Å². The number of likely N-dealkylation sites (N-methyl/N-ethyl adjacent to an activating group) is 2. The minimum atomic E-state index is -1.42. The molecule has 0 aliphatic heterocycles. The van der Waals surface area contributed by atoms with Gasteiger partial charge in [0.25, 0.3) is 5.91 Å². The Morgan fingerprint density at radius 2 is 1.41 bits per heavy atom. The van der Waals surface area contributed by atoms with Crippen molar-refractivity contribution in [3.05, 3.63) is 59.7 Å². The molecular formula is C39H57N3O7. The summed E-state index contributed by atoms with van der Waals surface area (Å²) in [7, 11) is 4.86. The second kappa shape index (κ2) is 16.3. The molecule has 0 aromatic heterocycles. The molecule has 3 amide bonds. The molecule has 4 atom stereocenters. The molecular weight excluding hydrogens is 622 g/mol. The van der Waals surface area contributed by atoms with Crippen molar-refractivity contribution in [2.75, 3.05) is 27.8 Å². The van der Waals surface area contributed by atoms with Crippen LogP contribution in [0.25, 0.3) is 11.1 Å². The first-order chi connectivity index (χ1) is 22.8. The number of benzene rings is 2. The number of nitrogens with one attached hydrogen (secondary N) is 1. The minimum Gasteiger partial charge on any atom is -0.460 e. The average molecular weight is 680 g/mol. The van der Waals surface area contributed by atoms with Gasteiger partial charge in [0.1, 0.15) is 17.7 Å². The Balaban J connectivity index is 1.73. The van der Waals surface area contributed by atoms with Crippen molar-refractivity contribution in [2.45, 2.75) is 110 Å². The highest BCUT2D eigenvalue weighted by Gasteiger charge is 2.42. The number of hydrogen-bond donors (Lipinski definition) is 1. The second-order valence-corrected chi connectivity index (χ2v) is 15.0. The Kier molecular flexibility index (Phi) is 13.2. The van der Waals surface area contributed by atoms with Gasteiger partial charge in [0, 0.05) is 26.1 Å². The molecule has 49 heavy (non-hydrogen) atoms. The van der Waals surface area contributed by atoms with E-state index in [9.17, 15) is 19.2 Å². The maximum Gasteiger partial charge on any atom is 0.410 e.